The highest BCUT2D eigenvalue weighted by Gasteiger charge is 2.48. The highest BCUT2D eigenvalue weighted by Crippen LogP contribution is 2.43. The summed E-state index contributed by atoms with van der Waals surface area (Å²) in [5.74, 6) is -1.72. The average Bonchev–Trinajstić information content (AvgIpc) is 3.34. The molecular formula is C25H19ClF3NO5. The lowest BCUT2D eigenvalue weighted by Gasteiger charge is -2.24. The first-order valence-electron chi connectivity index (χ1n) is 10.4. The van der Waals surface area contributed by atoms with Crippen LogP contribution in [0.15, 0.2) is 64.6 Å². The van der Waals surface area contributed by atoms with E-state index in [4.69, 9.17) is 20.8 Å². The fraction of sp³-hybridized carbons (Fsp3) is 0.200. The summed E-state index contributed by atoms with van der Waals surface area (Å²) in [5.41, 5.74) is -0.960. The summed E-state index contributed by atoms with van der Waals surface area (Å²) in [5, 5.41) is 11.4. The Labute approximate surface area is 203 Å². The number of ketones is 1. The fourth-order valence-corrected chi connectivity index (χ4v) is 4.16. The number of alkyl halides is 3. The first-order valence-corrected chi connectivity index (χ1v) is 10.7. The number of aliphatic hydroxyl groups is 1. The van der Waals surface area contributed by atoms with Crippen molar-refractivity contribution >= 4 is 29.1 Å². The second-order valence-corrected chi connectivity index (χ2v) is 8.35. The molecule has 4 rings (SSSR count). The molecule has 1 aliphatic heterocycles. The quantitative estimate of drug-likeness (QED) is 0.266. The van der Waals surface area contributed by atoms with Crippen LogP contribution in [-0.2, 0) is 22.3 Å². The average molecular weight is 506 g/mol. The Balaban J connectivity index is 1.86. The molecule has 1 aromatic heterocycles. The van der Waals surface area contributed by atoms with Crippen LogP contribution in [0.1, 0.15) is 34.3 Å². The third kappa shape index (κ3) is 4.64. The molecule has 2 aromatic carbocycles. The third-order valence-electron chi connectivity index (χ3n) is 5.59. The van der Waals surface area contributed by atoms with Gasteiger partial charge in [0.15, 0.2) is 0 Å². The van der Waals surface area contributed by atoms with Gasteiger partial charge in [-0.1, -0.05) is 23.7 Å². The van der Waals surface area contributed by atoms with E-state index in [2.05, 4.69) is 0 Å². The van der Waals surface area contributed by atoms with Crippen molar-refractivity contribution in [1.29, 1.82) is 0 Å². The normalized spacial score (nSPS) is 17.8. The monoisotopic (exact) mass is 505 g/mol. The molecule has 0 bridgehead atoms. The fourth-order valence-electron chi connectivity index (χ4n) is 3.99. The lowest BCUT2D eigenvalue weighted by molar-refractivity contribution is -0.140. The first kappa shape index (κ1) is 24.4. The Morgan fingerprint density at radius 3 is 2.51 bits per heavy atom. The zero-order valence-electron chi connectivity index (χ0n) is 18.5. The topological polar surface area (TPSA) is 80.0 Å². The number of amides is 1. The molecule has 182 valence electrons. The van der Waals surface area contributed by atoms with Gasteiger partial charge in [0.05, 0.1) is 23.8 Å². The number of carbonyl (C=O) groups excluding carboxylic acids is 2. The van der Waals surface area contributed by atoms with E-state index in [1.807, 2.05) is 0 Å². The van der Waals surface area contributed by atoms with Crippen molar-refractivity contribution < 1.29 is 37.0 Å². The molecule has 1 aliphatic rings. The number of likely N-dealkylation sites (tertiary alicyclic amines) is 1. The number of hydrogen-bond donors (Lipinski definition) is 1. The number of hydrogen-bond acceptors (Lipinski definition) is 5. The highest BCUT2D eigenvalue weighted by molar-refractivity contribution is 6.46. The van der Waals surface area contributed by atoms with Crippen molar-refractivity contribution in [1.82, 2.24) is 4.90 Å². The molecule has 0 aliphatic carbocycles. The minimum atomic E-state index is -4.58. The maximum atomic E-state index is 13.2. The van der Waals surface area contributed by atoms with Crippen molar-refractivity contribution in [2.45, 2.75) is 25.7 Å². The van der Waals surface area contributed by atoms with Crippen LogP contribution in [0.5, 0.6) is 5.75 Å². The van der Waals surface area contributed by atoms with E-state index in [9.17, 15) is 27.9 Å². The summed E-state index contributed by atoms with van der Waals surface area (Å²) in [4.78, 5) is 27.2. The molecule has 6 nitrogen and oxygen atoms in total. The van der Waals surface area contributed by atoms with Crippen LogP contribution in [0.2, 0.25) is 5.02 Å². The molecule has 1 N–H and O–H groups in total. The van der Waals surface area contributed by atoms with Crippen LogP contribution in [-0.4, -0.2) is 28.8 Å². The van der Waals surface area contributed by atoms with Gasteiger partial charge in [-0.15, -0.1) is 0 Å². The van der Waals surface area contributed by atoms with Gasteiger partial charge in [0, 0.05) is 11.6 Å². The number of ether oxygens (including phenoxy) is 1. The van der Waals surface area contributed by atoms with Crippen LogP contribution >= 0.6 is 11.6 Å². The van der Waals surface area contributed by atoms with Crippen molar-refractivity contribution in [3.05, 3.63) is 93.4 Å². The van der Waals surface area contributed by atoms with Crippen LogP contribution in [0.4, 0.5) is 13.2 Å². The summed E-state index contributed by atoms with van der Waals surface area (Å²) < 4.78 is 50.6. The molecule has 1 saturated heterocycles. The zero-order valence-corrected chi connectivity index (χ0v) is 19.3. The zero-order chi connectivity index (χ0) is 25.5. The predicted octanol–water partition coefficient (Wildman–Crippen LogP) is 5.89. The number of furan rings is 1. The van der Waals surface area contributed by atoms with Crippen LogP contribution in [0.3, 0.4) is 0 Å². The van der Waals surface area contributed by atoms with Crippen LogP contribution in [0.25, 0.3) is 5.76 Å². The molecule has 0 saturated carbocycles. The molecule has 10 heteroatoms. The molecule has 0 radical (unpaired) electrons. The standard InChI is InChI=1S/C25H19ClF3NO5/c1-13-6-8-19(35-13)21-20(22(31)17-11-16(26)7-9-18(17)34-2)23(32)24(33)30(21)12-14-4-3-5-15(10-14)25(27,28)29/h3-11,21,31H,12H2,1-2H3/b22-20-. The number of rotatable bonds is 5. The lowest BCUT2D eigenvalue weighted by atomic mass is 9.98. The number of nitrogens with zero attached hydrogens (tertiary/aromatic N) is 1. The summed E-state index contributed by atoms with van der Waals surface area (Å²) in [7, 11) is 1.36. The van der Waals surface area contributed by atoms with Gasteiger partial charge in [0.25, 0.3) is 11.7 Å². The molecule has 0 spiro atoms. The van der Waals surface area contributed by atoms with Gasteiger partial charge >= 0.3 is 6.18 Å². The van der Waals surface area contributed by atoms with E-state index >= 15 is 0 Å². The number of aliphatic hydroxyl groups excluding tert-OH is 1. The lowest BCUT2D eigenvalue weighted by Crippen LogP contribution is -2.29. The number of benzene rings is 2. The Hall–Kier alpha value is -3.72. The minimum Gasteiger partial charge on any atom is -0.507 e. The van der Waals surface area contributed by atoms with E-state index in [-0.39, 0.29) is 39.8 Å². The molecular weight excluding hydrogens is 487 g/mol. The maximum absolute atomic E-state index is 13.2. The Bertz CT molecular complexity index is 1340. The summed E-state index contributed by atoms with van der Waals surface area (Å²) in [6, 6.07) is 10.8. The van der Waals surface area contributed by atoms with Gasteiger partial charge in [0.2, 0.25) is 0 Å². The summed E-state index contributed by atoms with van der Waals surface area (Å²) >= 11 is 6.07. The second kappa shape index (κ2) is 9.14. The molecule has 1 unspecified atom stereocenters. The predicted molar refractivity (Wildman–Crippen MR) is 121 cm³/mol. The third-order valence-corrected chi connectivity index (χ3v) is 5.83. The van der Waals surface area contributed by atoms with Crippen molar-refractivity contribution in [2.75, 3.05) is 7.11 Å². The molecule has 2 heterocycles. The molecule has 1 atom stereocenters. The van der Waals surface area contributed by atoms with E-state index in [0.29, 0.717) is 5.76 Å². The molecule has 35 heavy (non-hydrogen) atoms. The van der Waals surface area contributed by atoms with Crippen molar-refractivity contribution in [2.24, 2.45) is 0 Å². The summed E-state index contributed by atoms with van der Waals surface area (Å²) in [6.45, 7) is 1.32. The van der Waals surface area contributed by atoms with E-state index < -0.39 is 35.2 Å². The van der Waals surface area contributed by atoms with E-state index in [1.54, 1.807) is 13.0 Å². The van der Waals surface area contributed by atoms with Gasteiger partial charge in [-0.2, -0.15) is 13.2 Å². The Morgan fingerprint density at radius 1 is 1.14 bits per heavy atom. The van der Waals surface area contributed by atoms with E-state index in [0.717, 1.165) is 17.0 Å². The highest BCUT2D eigenvalue weighted by atomic mass is 35.5. The number of methoxy groups -OCH3 is 1. The maximum Gasteiger partial charge on any atom is 0.416 e. The molecule has 1 amide bonds. The molecule has 1 fully saturated rings. The van der Waals surface area contributed by atoms with Gasteiger partial charge in [-0.3, -0.25) is 9.59 Å². The van der Waals surface area contributed by atoms with Gasteiger partial charge in [-0.25, -0.2) is 0 Å². The smallest absolute Gasteiger partial charge is 0.416 e. The van der Waals surface area contributed by atoms with Gasteiger partial charge < -0.3 is 19.2 Å². The molecule has 3 aromatic rings. The SMILES string of the molecule is COc1ccc(Cl)cc1/C(O)=C1/C(=O)C(=O)N(Cc2cccc(C(F)(F)F)c2)C1c1ccc(C)o1. The van der Waals surface area contributed by atoms with E-state index in [1.165, 1.54) is 43.5 Å². The first-order chi connectivity index (χ1) is 16.5. The van der Waals surface area contributed by atoms with Gasteiger partial charge in [-0.05, 0) is 55.0 Å². The number of Topliss-reactive ketones (excluding diaryl/α,β-unsaturated/α-hetero) is 1. The Kier molecular flexibility index (Phi) is 6.38. The minimum absolute atomic E-state index is 0.0744. The summed E-state index contributed by atoms with van der Waals surface area (Å²) in [6.07, 6.45) is -4.58. The van der Waals surface area contributed by atoms with Crippen LogP contribution < -0.4 is 4.74 Å². The number of aryl methyl sites for hydroxylation is 1. The van der Waals surface area contributed by atoms with Crippen molar-refractivity contribution in [3.8, 4) is 5.75 Å². The largest absolute Gasteiger partial charge is 0.507 e. The second-order valence-electron chi connectivity index (χ2n) is 7.92. The Morgan fingerprint density at radius 2 is 1.89 bits per heavy atom. The number of carbonyl (C=O) groups is 2. The van der Waals surface area contributed by atoms with Crippen molar-refractivity contribution in [3.63, 3.8) is 0 Å². The van der Waals surface area contributed by atoms with Gasteiger partial charge in [0.1, 0.15) is 29.1 Å². The number of halogens is 4. The van der Waals surface area contributed by atoms with Crippen LogP contribution in [0, 0.1) is 6.92 Å².